The molecule has 316 valence electrons. The first-order chi connectivity index (χ1) is 26.8. The molecule has 0 spiro atoms. The third kappa shape index (κ3) is 8.50. The Labute approximate surface area is 323 Å². The molecule has 2 saturated heterocycles. The number of phosphoric ester groups is 1. The zero-order chi connectivity index (χ0) is 43.3. The van der Waals surface area contributed by atoms with Crippen LogP contribution in [0.15, 0.2) is 37.2 Å². The summed E-state index contributed by atoms with van der Waals surface area (Å²) >= 11 is 0. The number of nitrogens with zero attached hydrogens (tertiary/aromatic N) is 6. The maximum absolute atomic E-state index is 15.6. The minimum Gasteiger partial charge on any atom is -0.390 e. The normalized spacial score (nSPS) is 31.7. The number of ether oxygens (including phenoxy) is 2. The van der Waals surface area contributed by atoms with Crippen molar-refractivity contribution in [2.45, 2.75) is 61.4 Å². The molecular formula is C28H33F2N8O17P3. The summed E-state index contributed by atoms with van der Waals surface area (Å²) in [5.41, 5.74) is 6.81. The van der Waals surface area contributed by atoms with E-state index in [0.717, 1.165) is 10.9 Å². The van der Waals surface area contributed by atoms with Crippen molar-refractivity contribution in [1.82, 2.24) is 29.1 Å². The van der Waals surface area contributed by atoms with Crippen LogP contribution in [-0.4, -0.2) is 123 Å². The first-order valence-electron chi connectivity index (χ1n) is 15.8. The van der Waals surface area contributed by atoms with Crippen molar-refractivity contribution in [2.24, 2.45) is 0 Å². The molecule has 6 heterocycles. The number of halogens is 2. The van der Waals surface area contributed by atoms with Gasteiger partial charge in [-0.2, -0.15) is 8.62 Å². The van der Waals surface area contributed by atoms with E-state index < -0.39 is 84.3 Å². The van der Waals surface area contributed by atoms with Crippen LogP contribution in [0.3, 0.4) is 0 Å². The molecule has 30 heteroatoms. The predicted octanol–water partition coefficient (Wildman–Crippen LogP) is -1.02. The smallest absolute Gasteiger partial charge is 0.390 e. The number of hydrogen-bond acceptors (Lipinski definition) is 19. The molecule has 6 rings (SSSR count). The van der Waals surface area contributed by atoms with Crippen molar-refractivity contribution in [1.29, 1.82) is 0 Å². The summed E-state index contributed by atoms with van der Waals surface area (Å²) < 4.78 is 88.1. The Hall–Kier alpha value is -4.05. The van der Waals surface area contributed by atoms with Crippen molar-refractivity contribution < 1.29 is 90.2 Å². The van der Waals surface area contributed by atoms with E-state index in [1.807, 2.05) is 0 Å². The predicted molar refractivity (Wildman–Crippen MR) is 188 cm³/mol. The van der Waals surface area contributed by atoms with Crippen molar-refractivity contribution in [2.75, 3.05) is 24.7 Å². The van der Waals surface area contributed by atoms with Crippen LogP contribution in [0.2, 0.25) is 0 Å². The van der Waals surface area contributed by atoms with Crippen molar-refractivity contribution in [3.05, 3.63) is 37.2 Å². The number of alkyl halides is 2. The Balaban J connectivity index is 0.000000240. The summed E-state index contributed by atoms with van der Waals surface area (Å²) in [7, 11) is -17.3. The van der Waals surface area contributed by atoms with Crippen LogP contribution in [0.5, 0.6) is 0 Å². The summed E-state index contributed by atoms with van der Waals surface area (Å²) in [6, 6.07) is 2.96. The van der Waals surface area contributed by atoms with Crippen molar-refractivity contribution in [3.63, 3.8) is 0 Å². The largest absolute Gasteiger partial charge is 0.490 e. The van der Waals surface area contributed by atoms with Crippen LogP contribution in [0.1, 0.15) is 26.3 Å². The number of fused-ring (bicyclic) bond motifs is 2. The van der Waals surface area contributed by atoms with E-state index in [0.29, 0.717) is 5.39 Å². The van der Waals surface area contributed by atoms with Gasteiger partial charge in [0.25, 0.3) is 11.7 Å². The zero-order valence-corrected chi connectivity index (χ0v) is 32.1. The molecule has 13 N–H and O–H groups in total. The van der Waals surface area contributed by atoms with Crippen LogP contribution in [0.4, 0.5) is 20.4 Å². The van der Waals surface area contributed by atoms with E-state index in [1.54, 1.807) is 6.07 Å². The lowest BCUT2D eigenvalue weighted by atomic mass is 9.93. The number of aliphatic hydroxyl groups excluding tert-OH is 3. The topological polar surface area (TPSA) is 393 Å². The quantitative estimate of drug-likeness (QED) is 0.0671. The molecule has 2 fully saturated rings. The maximum Gasteiger partial charge on any atom is 0.490 e. The summed E-state index contributed by atoms with van der Waals surface area (Å²) in [4.78, 5) is 51.5. The summed E-state index contributed by atoms with van der Waals surface area (Å²) in [5.74, 6) is 3.14. The summed E-state index contributed by atoms with van der Waals surface area (Å²) in [5, 5.41) is 52.3. The molecule has 4 aromatic rings. The third-order valence-electron chi connectivity index (χ3n) is 8.31. The van der Waals surface area contributed by atoms with Gasteiger partial charge in [0, 0.05) is 12.4 Å². The fraction of sp³-hybridized carbons (Fsp3) is 0.429. The second-order valence-corrected chi connectivity index (χ2v) is 16.6. The summed E-state index contributed by atoms with van der Waals surface area (Å²) in [6.45, 7) is -0.181. The number of nitrogen functional groups attached to an aromatic ring is 2. The fourth-order valence-corrected chi connectivity index (χ4v) is 8.91. The van der Waals surface area contributed by atoms with Crippen molar-refractivity contribution >= 4 is 57.2 Å². The number of aromatic nitrogens is 6. The number of anilines is 2. The lowest BCUT2D eigenvalue weighted by molar-refractivity contribution is -0.206. The number of rotatable bonds is 10. The minimum absolute atomic E-state index is 0.0246. The van der Waals surface area contributed by atoms with Gasteiger partial charge in [-0.15, -0.1) is 11.8 Å². The Morgan fingerprint density at radius 2 is 1.21 bits per heavy atom. The first kappa shape index (κ1) is 45.0. The average Bonchev–Trinajstić information content (AvgIpc) is 3.84. The van der Waals surface area contributed by atoms with E-state index in [9.17, 15) is 53.4 Å². The molecular weight excluding hydrogens is 851 g/mol. The van der Waals surface area contributed by atoms with Gasteiger partial charge in [-0.05, 0) is 26.0 Å². The lowest BCUT2D eigenvalue weighted by Crippen LogP contribution is -2.50. The molecule has 10 atom stereocenters. The Bertz CT molecular complexity index is 2490. The molecule has 0 bridgehead atoms. The van der Waals surface area contributed by atoms with Crippen LogP contribution in [-0.2, 0) is 36.3 Å². The number of phosphoric acid groups is 3. The van der Waals surface area contributed by atoms with Gasteiger partial charge in [0.1, 0.15) is 48.8 Å². The van der Waals surface area contributed by atoms with Gasteiger partial charge >= 0.3 is 23.5 Å². The van der Waals surface area contributed by atoms with Gasteiger partial charge in [0.05, 0.1) is 10.8 Å². The molecule has 2 aliphatic rings. The molecule has 0 saturated carbocycles. The van der Waals surface area contributed by atoms with Crippen molar-refractivity contribution in [3.8, 4) is 23.7 Å². The van der Waals surface area contributed by atoms with Gasteiger partial charge in [-0.25, -0.2) is 42.4 Å². The van der Waals surface area contributed by atoms with E-state index >= 15 is 4.39 Å². The zero-order valence-electron chi connectivity index (χ0n) is 29.4. The number of nitrogens with two attached hydrogens (primary N) is 2. The average molecular weight is 885 g/mol. The Kier molecular flexibility index (Phi) is 12.3. The Morgan fingerprint density at radius 3 is 1.62 bits per heavy atom. The second kappa shape index (κ2) is 15.9. The number of hydrogen-bond donors (Lipinski definition) is 11. The molecule has 0 aliphatic carbocycles. The molecule has 25 nitrogen and oxygen atoms in total. The lowest BCUT2D eigenvalue weighted by Gasteiger charge is -2.27. The summed E-state index contributed by atoms with van der Waals surface area (Å²) in [6.07, 6.45) is -2.95. The third-order valence-corrected chi connectivity index (χ3v) is 12.1. The highest BCUT2D eigenvalue weighted by atomic mass is 31.3. The highest BCUT2D eigenvalue weighted by molar-refractivity contribution is 7.66. The second-order valence-electron chi connectivity index (χ2n) is 12.2. The van der Waals surface area contributed by atoms with E-state index in [1.165, 1.54) is 43.2 Å². The van der Waals surface area contributed by atoms with E-state index in [2.05, 4.69) is 56.8 Å². The fourth-order valence-electron chi connectivity index (χ4n) is 5.87. The standard InChI is InChI=1S/C14H18FN4O13P3.C14H15FN4O4/c1-2-4-13(21)11(20)14(15,6-29-34(25,26)32-35(27,28)31-33(22,23)24)30-12(13)19-5-3-8-9(16)17-7-18-10(8)19;1-2-4-13(22)11(21)14(15,6-20)23-12(13)19-5-3-8-9(16)17-7-18-10(8)19/h3,5,7,11-12,20-21H,6H2,1H3,(H,25,26)(H,27,28)(H2,16,17,18)(H2,22,23,24);3,5,7,11-12,20-22H,6H2,1H3,(H2,16,17,18)/t2*11-,12+,13+,14+/m00/s1. The van der Waals surface area contributed by atoms with Gasteiger partial charge < -0.3 is 75.2 Å². The maximum atomic E-state index is 15.6. The SMILES string of the molecule is CC#C[C@]1(O)[C@H](n2ccc3c(N)ncnc32)O[C@](F)(CO)[C@H]1O.CC#C[C@]1(O)[C@H](n2ccc3c(N)ncnc32)O[C@](F)(COP(=O)(O)OP(=O)(O)OP(=O)(O)O)[C@H]1O. The molecule has 58 heavy (non-hydrogen) atoms. The molecule has 0 radical (unpaired) electrons. The van der Waals surface area contributed by atoms with E-state index in [4.69, 9.17) is 30.7 Å². The van der Waals surface area contributed by atoms with Crippen LogP contribution < -0.4 is 11.5 Å². The first-order valence-corrected chi connectivity index (χ1v) is 20.3. The highest BCUT2D eigenvalue weighted by Gasteiger charge is 2.66. The minimum atomic E-state index is -5.88. The van der Waals surface area contributed by atoms with E-state index in [-0.39, 0.29) is 28.3 Å². The van der Waals surface area contributed by atoms with Crippen LogP contribution >= 0.6 is 23.5 Å². The monoisotopic (exact) mass is 884 g/mol. The Morgan fingerprint density at radius 1 is 0.776 bits per heavy atom. The van der Waals surface area contributed by atoms with Gasteiger partial charge in [-0.1, -0.05) is 11.8 Å². The van der Waals surface area contributed by atoms with Gasteiger partial charge in [0.15, 0.2) is 24.7 Å². The van der Waals surface area contributed by atoms with Gasteiger partial charge in [0.2, 0.25) is 11.2 Å². The van der Waals surface area contributed by atoms with Crippen LogP contribution in [0.25, 0.3) is 22.1 Å². The number of aliphatic hydroxyl groups is 5. The molecule has 2 unspecified atom stereocenters. The molecule has 0 aromatic carbocycles. The van der Waals surface area contributed by atoms with Gasteiger partial charge in [-0.3, -0.25) is 4.52 Å². The van der Waals surface area contributed by atoms with Crippen LogP contribution in [0, 0.1) is 23.7 Å². The molecule has 4 aromatic heterocycles. The highest BCUT2D eigenvalue weighted by Crippen LogP contribution is 2.66. The molecule has 0 amide bonds. The molecule has 2 aliphatic heterocycles.